The standard InChI is InChI=1S/C13H15NS3/c1-8-4-10(7-16-8)13(14)12-5-9-6-15-3-2-11(9)17-12/h4-5,7,13H,2-3,6,14H2,1H3. The van der Waals surface area contributed by atoms with Crippen LogP contribution >= 0.6 is 34.4 Å². The Labute approximate surface area is 114 Å². The Morgan fingerprint density at radius 3 is 2.94 bits per heavy atom. The first-order chi connectivity index (χ1) is 8.24. The number of fused-ring (bicyclic) bond motifs is 1. The Morgan fingerprint density at radius 2 is 2.24 bits per heavy atom. The van der Waals surface area contributed by atoms with Crippen molar-refractivity contribution in [3.63, 3.8) is 0 Å². The Bertz CT molecular complexity index is 503. The number of hydrogen-bond donors (Lipinski definition) is 1. The number of hydrogen-bond acceptors (Lipinski definition) is 4. The molecule has 0 fully saturated rings. The summed E-state index contributed by atoms with van der Waals surface area (Å²) >= 11 is 5.73. The number of rotatable bonds is 2. The van der Waals surface area contributed by atoms with Crippen molar-refractivity contribution >= 4 is 34.4 Å². The maximum atomic E-state index is 6.35. The van der Waals surface area contributed by atoms with E-state index in [-0.39, 0.29) is 6.04 Å². The lowest BCUT2D eigenvalue weighted by Crippen LogP contribution is -2.08. The van der Waals surface area contributed by atoms with E-state index in [1.165, 1.54) is 38.8 Å². The van der Waals surface area contributed by atoms with E-state index >= 15 is 0 Å². The van der Waals surface area contributed by atoms with E-state index in [0.717, 1.165) is 0 Å². The molecule has 0 aliphatic carbocycles. The highest BCUT2D eigenvalue weighted by Gasteiger charge is 2.18. The van der Waals surface area contributed by atoms with Crippen molar-refractivity contribution < 1.29 is 0 Å². The van der Waals surface area contributed by atoms with Gasteiger partial charge in [-0.15, -0.1) is 22.7 Å². The molecule has 90 valence electrons. The smallest absolute Gasteiger partial charge is 0.0654 e. The molecule has 0 radical (unpaired) electrons. The van der Waals surface area contributed by atoms with Crippen LogP contribution in [0.2, 0.25) is 0 Å². The quantitative estimate of drug-likeness (QED) is 0.902. The van der Waals surface area contributed by atoms with Crippen LogP contribution in [0.5, 0.6) is 0 Å². The molecule has 17 heavy (non-hydrogen) atoms. The van der Waals surface area contributed by atoms with Gasteiger partial charge in [0.2, 0.25) is 0 Å². The predicted molar refractivity (Wildman–Crippen MR) is 79.3 cm³/mol. The number of thioether (sulfide) groups is 1. The zero-order valence-corrected chi connectivity index (χ0v) is 12.2. The highest BCUT2D eigenvalue weighted by Crippen LogP contribution is 2.36. The van der Waals surface area contributed by atoms with Gasteiger partial charge in [-0.05, 0) is 47.7 Å². The lowest BCUT2D eigenvalue weighted by atomic mass is 10.1. The van der Waals surface area contributed by atoms with Gasteiger partial charge in [0.25, 0.3) is 0 Å². The third-order valence-electron chi connectivity index (χ3n) is 3.06. The second-order valence-corrected chi connectivity index (χ2v) is 7.76. The summed E-state index contributed by atoms with van der Waals surface area (Å²) in [7, 11) is 0. The van der Waals surface area contributed by atoms with E-state index in [0.29, 0.717) is 0 Å². The molecule has 1 aliphatic rings. The van der Waals surface area contributed by atoms with Crippen LogP contribution in [0.4, 0.5) is 0 Å². The molecule has 2 N–H and O–H groups in total. The summed E-state index contributed by atoms with van der Waals surface area (Å²) < 4.78 is 0. The fraction of sp³-hybridized carbons (Fsp3) is 0.385. The van der Waals surface area contributed by atoms with Crippen LogP contribution < -0.4 is 5.73 Å². The molecule has 3 rings (SSSR count). The minimum atomic E-state index is 0.0700. The first-order valence-electron chi connectivity index (χ1n) is 5.74. The van der Waals surface area contributed by atoms with Gasteiger partial charge in [0.1, 0.15) is 0 Å². The average Bonchev–Trinajstić information content (AvgIpc) is 2.93. The van der Waals surface area contributed by atoms with Gasteiger partial charge in [0.05, 0.1) is 6.04 Å². The van der Waals surface area contributed by atoms with Gasteiger partial charge in [-0.3, -0.25) is 0 Å². The highest BCUT2D eigenvalue weighted by atomic mass is 32.2. The first-order valence-corrected chi connectivity index (χ1v) is 8.59. The van der Waals surface area contributed by atoms with E-state index in [1.54, 1.807) is 16.2 Å². The molecule has 0 spiro atoms. The molecule has 1 aliphatic heterocycles. The van der Waals surface area contributed by atoms with E-state index < -0.39 is 0 Å². The summed E-state index contributed by atoms with van der Waals surface area (Å²) in [5.74, 6) is 2.43. The normalized spacial score (nSPS) is 16.8. The zero-order valence-electron chi connectivity index (χ0n) is 9.73. The molecule has 0 aromatic carbocycles. The van der Waals surface area contributed by atoms with Crippen molar-refractivity contribution in [1.82, 2.24) is 0 Å². The molecule has 3 heterocycles. The van der Waals surface area contributed by atoms with Gasteiger partial charge in [0, 0.05) is 20.4 Å². The fourth-order valence-corrected chi connectivity index (χ4v) is 5.26. The molecule has 0 saturated carbocycles. The molecule has 1 atom stereocenters. The van der Waals surface area contributed by atoms with Crippen molar-refractivity contribution in [2.45, 2.75) is 25.1 Å². The van der Waals surface area contributed by atoms with Crippen LogP contribution in [-0.2, 0) is 12.2 Å². The second-order valence-electron chi connectivity index (χ2n) is 4.37. The number of thiophene rings is 2. The highest BCUT2D eigenvalue weighted by molar-refractivity contribution is 7.98. The maximum Gasteiger partial charge on any atom is 0.0654 e. The molecule has 0 bridgehead atoms. The third-order valence-corrected chi connectivity index (χ3v) is 6.27. The third kappa shape index (κ3) is 2.32. The lowest BCUT2D eigenvalue weighted by molar-refractivity contribution is 0.897. The van der Waals surface area contributed by atoms with E-state index in [1.807, 2.05) is 23.1 Å². The van der Waals surface area contributed by atoms with Crippen LogP contribution in [-0.4, -0.2) is 5.75 Å². The maximum absolute atomic E-state index is 6.35. The summed E-state index contributed by atoms with van der Waals surface area (Å²) in [6.45, 7) is 2.14. The lowest BCUT2D eigenvalue weighted by Gasteiger charge is -2.08. The largest absolute Gasteiger partial charge is 0.320 e. The van der Waals surface area contributed by atoms with Crippen LogP contribution in [0, 0.1) is 6.92 Å². The van der Waals surface area contributed by atoms with Gasteiger partial charge in [0.15, 0.2) is 0 Å². The summed E-state index contributed by atoms with van der Waals surface area (Å²) in [5, 5.41) is 2.19. The zero-order chi connectivity index (χ0) is 11.8. The van der Waals surface area contributed by atoms with Crippen molar-refractivity contribution in [1.29, 1.82) is 0 Å². The fourth-order valence-electron chi connectivity index (χ4n) is 2.11. The van der Waals surface area contributed by atoms with Crippen LogP contribution in [0.3, 0.4) is 0 Å². The van der Waals surface area contributed by atoms with Crippen molar-refractivity contribution in [3.8, 4) is 0 Å². The SMILES string of the molecule is Cc1cc(C(N)c2cc3c(s2)CCSC3)cs1. The molecule has 4 heteroatoms. The van der Waals surface area contributed by atoms with Crippen LogP contribution in [0.15, 0.2) is 17.5 Å². The first kappa shape index (κ1) is 11.8. The van der Waals surface area contributed by atoms with Crippen LogP contribution in [0.25, 0.3) is 0 Å². The Balaban J connectivity index is 1.91. The van der Waals surface area contributed by atoms with Gasteiger partial charge in [-0.1, -0.05) is 0 Å². The van der Waals surface area contributed by atoms with E-state index in [9.17, 15) is 0 Å². The average molecular weight is 281 g/mol. The Morgan fingerprint density at radius 1 is 1.35 bits per heavy atom. The molecule has 2 aromatic heterocycles. The minimum Gasteiger partial charge on any atom is -0.320 e. The number of nitrogens with two attached hydrogens (primary N) is 1. The predicted octanol–water partition coefficient (Wildman–Crippen LogP) is 3.96. The van der Waals surface area contributed by atoms with Gasteiger partial charge >= 0.3 is 0 Å². The van der Waals surface area contributed by atoms with Gasteiger partial charge in [-0.2, -0.15) is 11.8 Å². The topological polar surface area (TPSA) is 26.0 Å². The molecule has 0 saturated heterocycles. The van der Waals surface area contributed by atoms with Gasteiger partial charge in [-0.25, -0.2) is 0 Å². The second kappa shape index (κ2) is 4.76. The Hall–Kier alpha value is -0.290. The summed E-state index contributed by atoms with van der Waals surface area (Å²) in [6.07, 6.45) is 1.22. The number of aryl methyl sites for hydroxylation is 2. The molecule has 1 nitrogen and oxygen atoms in total. The summed E-state index contributed by atoms with van der Waals surface area (Å²) in [6, 6.07) is 4.60. The van der Waals surface area contributed by atoms with Crippen molar-refractivity contribution in [3.05, 3.63) is 43.3 Å². The summed E-state index contributed by atoms with van der Waals surface area (Å²) in [5.41, 5.74) is 9.13. The van der Waals surface area contributed by atoms with Crippen LogP contribution in [0.1, 0.15) is 31.8 Å². The summed E-state index contributed by atoms with van der Waals surface area (Å²) in [4.78, 5) is 4.23. The van der Waals surface area contributed by atoms with Gasteiger partial charge < -0.3 is 5.73 Å². The minimum absolute atomic E-state index is 0.0700. The molecule has 0 amide bonds. The van der Waals surface area contributed by atoms with E-state index in [2.05, 4.69) is 24.4 Å². The Kier molecular flexibility index (Phi) is 3.30. The van der Waals surface area contributed by atoms with Crippen molar-refractivity contribution in [2.24, 2.45) is 5.73 Å². The van der Waals surface area contributed by atoms with Crippen molar-refractivity contribution in [2.75, 3.05) is 5.75 Å². The van der Waals surface area contributed by atoms with E-state index in [4.69, 9.17) is 5.73 Å². The molecular weight excluding hydrogens is 266 g/mol. The monoisotopic (exact) mass is 281 g/mol. The molecule has 1 unspecified atom stereocenters. The molecule has 2 aromatic rings. The molecular formula is C13H15NS3.